The quantitative estimate of drug-likeness (QED) is 0.570. The summed E-state index contributed by atoms with van der Waals surface area (Å²) >= 11 is 1.46. The summed E-state index contributed by atoms with van der Waals surface area (Å²) in [4.78, 5) is 17.1. The van der Waals surface area contributed by atoms with Gasteiger partial charge in [0.15, 0.2) is 0 Å². The van der Waals surface area contributed by atoms with Crippen LogP contribution in [-0.4, -0.2) is 27.7 Å². The van der Waals surface area contributed by atoms with Crippen LogP contribution in [0.1, 0.15) is 0 Å². The number of anilines is 2. The van der Waals surface area contributed by atoms with Crippen LogP contribution < -0.4 is 15.4 Å². The van der Waals surface area contributed by atoms with Crippen molar-refractivity contribution in [1.82, 2.24) is 14.6 Å². The number of nitrogens with zero attached hydrogens (tertiary/aromatic N) is 3. The van der Waals surface area contributed by atoms with Gasteiger partial charge in [-0.15, -0.1) is 16.4 Å². The molecule has 7 nitrogen and oxygen atoms in total. The molecule has 8 heteroatoms. The topological polar surface area (TPSA) is 80.5 Å². The van der Waals surface area contributed by atoms with E-state index in [-0.39, 0.29) is 12.0 Å². The number of fused-ring (bicyclic) bond motifs is 1. The smallest absolute Gasteiger partial charge is 0.326 e. The second kappa shape index (κ2) is 6.85. The molecule has 2 aromatic carbocycles. The summed E-state index contributed by atoms with van der Waals surface area (Å²) in [6.45, 7) is 0. The average molecular weight is 365 g/mol. The molecular weight excluding hydrogens is 350 g/mol. The van der Waals surface area contributed by atoms with Gasteiger partial charge in [0.1, 0.15) is 5.75 Å². The molecule has 0 bridgehead atoms. The van der Waals surface area contributed by atoms with Gasteiger partial charge in [-0.25, -0.2) is 9.31 Å². The summed E-state index contributed by atoms with van der Waals surface area (Å²) in [6.07, 6.45) is 0. The first-order chi connectivity index (χ1) is 12.7. The van der Waals surface area contributed by atoms with E-state index in [0.29, 0.717) is 10.6 Å². The molecule has 0 aliphatic carbocycles. The highest BCUT2D eigenvalue weighted by Crippen LogP contribution is 2.27. The van der Waals surface area contributed by atoms with Gasteiger partial charge in [0.2, 0.25) is 4.96 Å². The van der Waals surface area contributed by atoms with Crippen molar-refractivity contribution < 1.29 is 9.53 Å². The monoisotopic (exact) mass is 365 g/mol. The Balaban J connectivity index is 1.54. The van der Waals surface area contributed by atoms with Gasteiger partial charge in [0, 0.05) is 16.6 Å². The Labute approximate surface area is 153 Å². The van der Waals surface area contributed by atoms with Gasteiger partial charge in [-0.2, -0.15) is 4.98 Å². The number of hydrogen-bond donors (Lipinski definition) is 2. The highest BCUT2D eigenvalue weighted by atomic mass is 32.1. The fourth-order valence-corrected chi connectivity index (χ4v) is 3.31. The van der Waals surface area contributed by atoms with Crippen LogP contribution >= 0.6 is 11.3 Å². The Morgan fingerprint density at radius 2 is 1.85 bits per heavy atom. The molecule has 0 saturated heterocycles. The number of ether oxygens (including phenoxy) is 1. The van der Waals surface area contributed by atoms with Crippen molar-refractivity contribution >= 4 is 34.0 Å². The van der Waals surface area contributed by atoms with Crippen LogP contribution in [0.4, 0.5) is 16.4 Å². The fourth-order valence-electron chi connectivity index (χ4n) is 2.48. The normalized spacial score (nSPS) is 10.7. The summed E-state index contributed by atoms with van der Waals surface area (Å²) in [7, 11) is 1.63. The number of hydrogen-bond acceptors (Lipinski definition) is 5. The third kappa shape index (κ3) is 3.22. The zero-order chi connectivity index (χ0) is 17.9. The number of benzene rings is 2. The minimum Gasteiger partial charge on any atom is -0.497 e. The zero-order valence-corrected chi connectivity index (χ0v) is 14.7. The molecule has 0 saturated carbocycles. The molecule has 2 heterocycles. The van der Waals surface area contributed by atoms with Gasteiger partial charge in [-0.05, 0) is 36.4 Å². The lowest BCUT2D eigenvalue weighted by atomic mass is 10.2. The molecule has 2 N–H and O–H groups in total. The zero-order valence-electron chi connectivity index (χ0n) is 13.8. The van der Waals surface area contributed by atoms with Crippen LogP contribution in [0, 0.1) is 0 Å². The average Bonchev–Trinajstić information content (AvgIpc) is 3.22. The van der Waals surface area contributed by atoms with Crippen LogP contribution in [0.5, 0.6) is 5.75 Å². The number of methoxy groups -OCH3 is 1. The molecule has 0 unspecified atom stereocenters. The molecular formula is C18H15N5O2S. The molecule has 2 amide bonds. The minimum atomic E-state index is -0.388. The molecule has 0 atom stereocenters. The van der Waals surface area contributed by atoms with Gasteiger partial charge >= 0.3 is 6.03 Å². The van der Waals surface area contributed by atoms with Crippen molar-refractivity contribution in [2.45, 2.75) is 0 Å². The van der Waals surface area contributed by atoms with Crippen molar-refractivity contribution in [2.24, 2.45) is 0 Å². The second-order valence-corrected chi connectivity index (χ2v) is 6.26. The number of nitrogens with one attached hydrogen (secondary N) is 2. The highest BCUT2D eigenvalue weighted by molar-refractivity contribution is 7.15. The molecule has 0 radical (unpaired) electrons. The second-order valence-electron chi connectivity index (χ2n) is 5.42. The number of rotatable bonds is 4. The number of thiazole rings is 1. The Bertz CT molecular complexity index is 1040. The molecule has 4 rings (SSSR count). The number of aromatic nitrogens is 3. The first kappa shape index (κ1) is 16.1. The maximum absolute atomic E-state index is 12.1. The predicted octanol–water partition coefficient (Wildman–Crippen LogP) is 4.11. The number of urea groups is 1. The molecule has 2 aromatic heterocycles. The molecule has 26 heavy (non-hydrogen) atoms. The van der Waals surface area contributed by atoms with E-state index >= 15 is 0 Å². The molecule has 0 aliphatic rings. The van der Waals surface area contributed by atoms with Gasteiger partial charge < -0.3 is 10.1 Å². The van der Waals surface area contributed by atoms with E-state index in [1.54, 1.807) is 23.8 Å². The van der Waals surface area contributed by atoms with Gasteiger partial charge in [-0.3, -0.25) is 5.32 Å². The number of amides is 2. The van der Waals surface area contributed by atoms with Crippen molar-refractivity contribution in [2.75, 3.05) is 17.7 Å². The van der Waals surface area contributed by atoms with E-state index in [2.05, 4.69) is 20.7 Å². The Morgan fingerprint density at radius 1 is 1.08 bits per heavy atom. The molecule has 0 fully saturated rings. The third-order valence-corrected chi connectivity index (χ3v) is 4.54. The Hall–Kier alpha value is -3.39. The Kier molecular flexibility index (Phi) is 4.24. The van der Waals surface area contributed by atoms with E-state index in [1.165, 1.54) is 11.3 Å². The van der Waals surface area contributed by atoms with Crippen molar-refractivity contribution in [3.05, 3.63) is 60.0 Å². The van der Waals surface area contributed by atoms with Crippen LogP contribution in [0.25, 0.3) is 16.2 Å². The highest BCUT2D eigenvalue weighted by Gasteiger charge is 2.13. The molecule has 130 valence electrons. The standard InChI is InChI=1S/C18H15N5O2S/c1-25-14-9-7-12(8-10-14)15-11-26-18-21-16(22-23(15)18)20-17(24)19-13-5-3-2-4-6-13/h2-11H,1H3,(H2,19,20,22,24). The number of carbonyl (C=O) groups is 1. The Morgan fingerprint density at radius 3 is 2.58 bits per heavy atom. The first-order valence-electron chi connectivity index (χ1n) is 7.85. The lowest BCUT2D eigenvalue weighted by Crippen LogP contribution is -2.20. The molecule has 0 aliphatic heterocycles. The van der Waals surface area contributed by atoms with Gasteiger partial charge in [0.05, 0.1) is 12.8 Å². The summed E-state index contributed by atoms with van der Waals surface area (Å²) in [6, 6.07) is 16.5. The number of carbonyl (C=O) groups excluding carboxylic acids is 1. The van der Waals surface area contributed by atoms with Crippen molar-refractivity contribution in [3.63, 3.8) is 0 Å². The third-order valence-electron chi connectivity index (χ3n) is 3.72. The van der Waals surface area contributed by atoms with E-state index in [0.717, 1.165) is 17.0 Å². The van der Waals surface area contributed by atoms with Crippen LogP contribution in [0.2, 0.25) is 0 Å². The van der Waals surface area contributed by atoms with Crippen LogP contribution in [0.15, 0.2) is 60.0 Å². The van der Waals surface area contributed by atoms with E-state index < -0.39 is 0 Å². The summed E-state index contributed by atoms with van der Waals surface area (Å²) in [5.41, 5.74) is 2.59. The summed E-state index contributed by atoms with van der Waals surface area (Å²) in [5.74, 6) is 1.04. The SMILES string of the molecule is COc1ccc(-c2csc3nc(NC(=O)Nc4ccccc4)nn23)cc1. The molecule has 4 aromatic rings. The van der Waals surface area contributed by atoms with Crippen molar-refractivity contribution in [1.29, 1.82) is 0 Å². The predicted molar refractivity (Wildman–Crippen MR) is 102 cm³/mol. The van der Waals surface area contributed by atoms with E-state index in [9.17, 15) is 4.79 Å². The summed E-state index contributed by atoms with van der Waals surface area (Å²) < 4.78 is 6.90. The van der Waals surface area contributed by atoms with Gasteiger partial charge in [0.25, 0.3) is 5.95 Å². The van der Waals surface area contributed by atoms with Gasteiger partial charge in [-0.1, -0.05) is 18.2 Å². The maximum Gasteiger partial charge on any atom is 0.326 e. The minimum absolute atomic E-state index is 0.250. The largest absolute Gasteiger partial charge is 0.497 e. The van der Waals surface area contributed by atoms with Crippen LogP contribution in [0.3, 0.4) is 0 Å². The lowest BCUT2D eigenvalue weighted by molar-refractivity contribution is 0.262. The fraction of sp³-hybridized carbons (Fsp3) is 0.0556. The lowest BCUT2D eigenvalue weighted by Gasteiger charge is -2.04. The number of para-hydroxylation sites is 1. The molecule has 0 spiro atoms. The van der Waals surface area contributed by atoms with E-state index in [4.69, 9.17) is 4.74 Å². The van der Waals surface area contributed by atoms with Crippen molar-refractivity contribution in [3.8, 4) is 17.0 Å². The first-order valence-corrected chi connectivity index (χ1v) is 8.72. The van der Waals surface area contributed by atoms with Crippen LogP contribution in [-0.2, 0) is 0 Å². The maximum atomic E-state index is 12.1. The van der Waals surface area contributed by atoms with E-state index in [1.807, 2.05) is 47.8 Å². The summed E-state index contributed by atoms with van der Waals surface area (Å²) in [5, 5.41) is 11.8.